The van der Waals surface area contributed by atoms with Crippen molar-refractivity contribution in [2.24, 2.45) is 10.8 Å². The highest BCUT2D eigenvalue weighted by Crippen LogP contribution is 2.73. The van der Waals surface area contributed by atoms with Crippen molar-refractivity contribution >= 4 is 11.4 Å². The summed E-state index contributed by atoms with van der Waals surface area (Å²) < 4.78 is 6.57. The van der Waals surface area contributed by atoms with Crippen LogP contribution in [0, 0.1) is 31.6 Å². The first-order valence-electron chi connectivity index (χ1n) is 10.9. The molecule has 1 aliphatic carbocycles. The van der Waals surface area contributed by atoms with E-state index in [1.54, 1.807) is 0 Å². The number of unbranched alkanes of at least 4 members (excludes halogenated alkanes) is 2. The lowest BCUT2D eigenvalue weighted by Crippen LogP contribution is -2.54. The number of benzene rings is 1. The number of ether oxygens (including phenoxy) is 1. The highest BCUT2D eigenvalue weighted by atomic mass is 16.5. The molecule has 28 heavy (non-hydrogen) atoms. The molecule has 2 aliphatic heterocycles. The van der Waals surface area contributed by atoms with E-state index in [0.717, 1.165) is 55.2 Å². The average Bonchev–Trinajstić information content (AvgIpc) is 3.19. The maximum atomic E-state index is 13.9. The fourth-order valence-electron chi connectivity index (χ4n) is 6.68. The van der Waals surface area contributed by atoms with Crippen molar-refractivity contribution in [1.82, 2.24) is 0 Å². The summed E-state index contributed by atoms with van der Waals surface area (Å²) in [5, 5.41) is 11.6. The Bertz CT molecular complexity index is 859. The maximum absolute atomic E-state index is 13.9. The summed E-state index contributed by atoms with van der Waals surface area (Å²) in [6, 6.07) is 4.22. The first kappa shape index (κ1) is 19.7. The molecule has 1 aromatic rings. The molecule has 3 aliphatic rings. The Balaban J connectivity index is 1.90. The minimum Gasteiger partial charge on any atom is -0.511 e. The molecule has 152 valence electrons. The van der Waals surface area contributed by atoms with Gasteiger partial charge in [-0.15, -0.1) is 0 Å². The highest BCUT2D eigenvalue weighted by Gasteiger charge is 2.79. The number of carbonyl (C=O) groups is 1. The molecule has 0 aromatic heterocycles. The van der Waals surface area contributed by atoms with Gasteiger partial charge in [0.05, 0.1) is 28.1 Å². The summed E-state index contributed by atoms with van der Waals surface area (Å²) in [6.07, 6.45) is 6.05. The monoisotopic (exact) mass is 382 g/mol. The zero-order valence-electron chi connectivity index (χ0n) is 18.2. The molecule has 4 rings (SSSR count). The van der Waals surface area contributed by atoms with Gasteiger partial charge in [0.1, 0.15) is 5.76 Å². The largest absolute Gasteiger partial charge is 0.511 e. The molecule has 3 heteroatoms. The summed E-state index contributed by atoms with van der Waals surface area (Å²) in [5.41, 5.74) is 3.04. The van der Waals surface area contributed by atoms with E-state index < -0.39 is 16.4 Å². The Labute approximate surface area is 169 Å². The van der Waals surface area contributed by atoms with Gasteiger partial charge in [0.2, 0.25) is 0 Å². The topological polar surface area (TPSA) is 46.5 Å². The molecule has 0 radical (unpaired) electrons. The number of carbonyl (C=O) groups excluding carboxylic acids is 1. The van der Waals surface area contributed by atoms with E-state index in [1.165, 1.54) is 5.56 Å². The van der Waals surface area contributed by atoms with Gasteiger partial charge in [-0.2, -0.15) is 0 Å². The maximum Gasteiger partial charge on any atom is 0.176 e. The second-order valence-electron chi connectivity index (χ2n) is 9.75. The number of aliphatic hydroxyl groups is 1. The van der Waals surface area contributed by atoms with Crippen LogP contribution in [0.1, 0.15) is 81.5 Å². The molecule has 0 unspecified atom stereocenters. The molecule has 4 atom stereocenters. The van der Waals surface area contributed by atoms with Crippen LogP contribution in [0.4, 0.5) is 0 Å². The van der Waals surface area contributed by atoms with Gasteiger partial charge < -0.3 is 9.84 Å². The first-order valence-corrected chi connectivity index (χ1v) is 10.9. The Hall–Kier alpha value is -1.61. The van der Waals surface area contributed by atoms with Crippen LogP contribution in [0.3, 0.4) is 0 Å². The van der Waals surface area contributed by atoms with Gasteiger partial charge in [-0.3, -0.25) is 4.79 Å². The average molecular weight is 383 g/mol. The van der Waals surface area contributed by atoms with Gasteiger partial charge in [0.25, 0.3) is 0 Å². The third-order valence-corrected chi connectivity index (χ3v) is 8.29. The highest BCUT2D eigenvalue weighted by molar-refractivity contribution is 6.28. The number of allylic oxidation sites excluding steroid dienone is 1. The number of fused-ring (bicyclic) bond motifs is 5. The molecule has 3 nitrogen and oxygen atoms in total. The van der Waals surface area contributed by atoms with Crippen LogP contribution < -0.4 is 0 Å². The normalized spacial score (nSPS) is 36.5. The van der Waals surface area contributed by atoms with Crippen molar-refractivity contribution in [2.75, 3.05) is 0 Å². The quantitative estimate of drug-likeness (QED) is 0.636. The third kappa shape index (κ3) is 2.12. The second kappa shape index (κ2) is 6.19. The number of hydrogen-bond donors (Lipinski definition) is 1. The van der Waals surface area contributed by atoms with E-state index in [4.69, 9.17) is 4.74 Å². The Morgan fingerprint density at radius 2 is 1.79 bits per heavy atom. The summed E-state index contributed by atoms with van der Waals surface area (Å²) in [7, 11) is 0. The van der Waals surface area contributed by atoms with Crippen LogP contribution in [0.2, 0.25) is 0 Å². The van der Waals surface area contributed by atoms with Crippen LogP contribution in [-0.2, 0) is 9.53 Å². The van der Waals surface area contributed by atoms with E-state index in [1.807, 2.05) is 20.8 Å². The van der Waals surface area contributed by atoms with Gasteiger partial charge in [-0.25, -0.2) is 0 Å². The molecule has 2 saturated heterocycles. The van der Waals surface area contributed by atoms with E-state index in [9.17, 15) is 9.90 Å². The lowest BCUT2D eigenvalue weighted by molar-refractivity contribution is -0.128. The van der Waals surface area contributed by atoms with Crippen molar-refractivity contribution in [3.63, 3.8) is 0 Å². The zero-order valence-corrected chi connectivity index (χ0v) is 18.2. The van der Waals surface area contributed by atoms with Crippen molar-refractivity contribution in [3.8, 4) is 0 Å². The van der Waals surface area contributed by atoms with Crippen LogP contribution in [-0.4, -0.2) is 22.6 Å². The van der Waals surface area contributed by atoms with E-state index in [0.29, 0.717) is 5.57 Å². The number of ketones is 1. The summed E-state index contributed by atoms with van der Waals surface area (Å²) >= 11 is 0. The predicted molar refractivity (Wildman–Crippen MR) is 112 cm³/mol. The molecule has 1 N–H and O–H groups in total. The second-order valence-corrected chi connectivity index (χ2v) is 9.75. The predicted octanol–water partition coefficient (Wildman–Crippen LogP) is 5.99. The summed E-state index contributed by atoms with van der Waals surface area (Å²) in [6.45, 7) is 12.5. The fraction of sp³-hybridized carbons (Fsp3) is 0.640. The Kier molecular flexibility index (Phi) is 4.36. The molecule has 2 heterocycles. The molecule has 2 fully saturated rings. The van der Waals surface area contributed by atoms with Crippen LogP contribution in [0.5, 0.6) is 0 Å². The van der Waals surface area contributed by atoms with Gasteiger partial charge in [0.15, 0.2) is 5.78 Å². The molecular formula is C25H34O3. The number of aryl methyl sites for hydroxylation is 3. The van der Waals surface area contributed by atoms with Gasteiger partial charge >= 0.3 is 0 Å². The minimum absolute atomic E-state index is 0.0737. The summed E-state index contributed by atoms with van der Waals surface area (Å²) in [5.74, 6) is 0.346. The van der Waals surface area contributed by atoms with Crippen molar-refractivity contribution in [3.05, 3.63) is 40.1 Å². The van der Waals surface area contributed by atoms with Gasteiger partial charge in [-0.1, -0.05) is 43.9 Å². The van der Waals surface area contributed by atoms with Crippen LogP contribution in [0.15, 0.2) is 17.9 Å². The Morgan fingerprint density at radius 1 is 1.14 bits per heavy atom. The number of hydrogen-bond acceptors (Lipinski definition) is 3. The van der Waals surface area contributed by atoms with E-state index in [2.05, 4.69) is 32.9 Å². The number of aliphatic hydroxyl groups excluding tert-OH is 1. The van der Waals surface area contributed by atoms with Crippen molar-refractivity contribution in [1.29, 1.82) is 0 Å². The lowest BCUT2D eigenvalue weighted by Gasteiger charge is -2.47. The third-order valence-electron chi connectivity index (χ3n) is 8.29. The first-order chi connectivity index (χ1) is 13.1. The molecule has 1 aromatic carbocycles. The SMILES string of the molecule is CCCCC[C@]12CC[C@H](O1)[C@]1(C)C(=O)C(c3c(C)cc(C)cc3C)=C(O)[C@]21C. The van der Waals surface area contributed by atoms with E-state index in [-0.39, 0.29) is 17.6 Å². The fourth-order valence-corrected chi connectivity index (χ4v) is 6.68. The van der Waals surface area contributed by atoms with Crippen LogP contribution >= 0.6 is 0 Å². The smallest absolute Gasteiger partial charge is 0.176 e. The van der Waals surface area contributed by atoms with Crippen molar-refractivity contribution in [2.45, 2.75) is 91.8 Å². The molecule has 0 saturated carbocycles. The zero-order chi connectivity index (χ0) is 20.5. The number of Topliss-reactive ketones (excluding diaryl/α,β-unsaturated/α-hetero) is 1. The molecule has 0 spiro atoms. The minimum atomic E-state index is -0.680. The van der Waals surface area contributed by atoms with Crippen molar-refractivity contribution < 1.29 is 14.6 Å². The van der Waals surface area contributed by atoms with E-state index >= 15 is 0 Å². The Morgan fingerprint density at radius 3 is 2.39 bits per heavy atom. The van der Waals surface area contributed by atoms with Gasteiger partial charge in [-0.05, 0) is 70.6 Å². The molecule has 2 bridgehead atoms. The summed E-state index contributed by atoms with van der Waals surface area (Å²) in [4.78, 5) is 13.9. The number of rotatable bonds is 5. The standard InChI is InChI=1S/C25H34O3/c1-7-8-9-11-25-12-10-18(28-25)23(5)21(26)20(22(27)24(23,25)6)19-16(3)13-15(2)14-17(19)4/h13-14,18,27H,7-12H2,1-6H3/t18-,23+,24-,25+/m0/s1. The van der Waals surface area contributed by atoms with Gasteiger partial charge in [0, 0.05) is 0 Å². The van der Waals surface area contributed by atoms with Crippen LogP contribution in [0.25, 0.3) is 5.57 Å². The lowest BCUT2D eigenvalue weighted by atomic mass is 9.52. The molecular weight excluding hydrogens is 348 g/mol. The molecule has 0 amide bonds.